The van der Waals surface area contributed by atoms with Gasteiger partial charge < -0.3 is 19.9 Å². The maximum absolute atomic E-state index is 12.7. The number of benzene rings is 2. The van der Waals surface area contributed by atoms with E-state index in [1.807, 2.05) is 30.3 Å². The lowest BCUT2D eigenvalue weighted by Crippen LogP contribution is -2.29. The van der Waals surface area contributed by atoms with Crippen LogP contribution in [-0.4, -0.2) is 24.3 Å². The zero-order valence-corrected chi connectivity index (χ0v) is 18.8. The van der Waals surface area contributed by atoms with Crippen LogP contribution in [0.2, 0.25) is 0 Å². The summed E-state index contributed by atoms with van der Waals surface area (Å²) in [6.45, 7) is 2.95. The Morgan fingerprint density at radius 3 is 2.75 bits per heavy atom. The molecule has 4 rings (SSSR count). The van der Waals surface area contributed by atoms with E-state index in [-0.39, 0.29) is 6.03 Å². The molecule has 0 aliphatic heterocycles. The number of anilines is 2. The van der Waals surface area contributed by atoms with Gasteiger partial charge in [0.2, 0.25) is 0 Å². The quantitative estimate of drug-likeness (QED) is 0.407. The first kappa shape index (κ1) is 22.1. The summed E-state index contributed by atoms with van der Waals surface area (Å²) in [6, 6.07) is 13.3. The molecule has 3 N–H and O–H groups in total. The van der Waals surface area contributed by atoms with Crippen molar-refractivity contribution in [2.45, 2.75) is 58.0 Å². The Bertz CT molecular complexity index is 1040. The summed E-state index contributed by atoms with van der Waals surface area (Å²) in [6.07, 6.45) is 8.03. The predicted octanol–water partition coefficient (Wildman–Crippen LogP) is 5.93. The lowest BCUT2D eigenvalue weighted by atomic mass is 9.85. The van der Waals surface area contributed by atoms with Gasteiger partial charge >= 0.3 is 6.03 Å². The predicted molar refractivity (Wildman–Crippen MR) is 127 cm³/mol. The highest BCUT2D eigenvalue weighted by Gasteiger charge is 2.18. The number of para-hydroxylation sites is 1. The van der Waals surface area contributed by atoms with Crippen molar-refractivity contribution in [3.8, 4) is 5.75 Å². The molecule has 0 spiro atoms. The van der Waals surface area contributed by atoms with Gasteiger partial charge in [-0.1, -0.05) is 61.5 Å². The number of rotatable bonds is 8. The average molecular weight is 437 g/mol. The summed E-state index contributed by atoms with van der Waals surface area (Å²) in [5, 5.41) is 14.0. The van der Waals surface area contributed by atoms with Gasteiger partial charge in [-0.15, -0.1) is 0 Å². The lowest BCUT2D eigenvalue weighted by Gasteiger charge is -2.25. The Hall–Kier alpha value is -3.06. The minimum absolute atomic E-state index is 0.326. The van der Waals surface area contributed by atoms with E-state index in [1.165, 1.54) is 38.5 Å². The summed E-state index contributed by atoms with van der Waals surface area (Å²) >= 11 is 0. The molecule has 2 aromatic carbocycles. The number of nitrogens with zero attached hydrogens (tertiary/aromatic N) is 1. The second kappa shape index (κ2) is 10.5. The molecule has 1 heterocycles. The second-order valence-electron chi connectivity index (χ2n) is 8.62. The highest BCUT2D eigenvalue weighted by molar-refractivity contribution is 6.05. The van der Waals surface area contributed by atoms with Crippen LogP contribution in [0, 0.1) is 5.92 Å². The Balaban J connectivity index is 1.37. The van der Waals surface area contributed by atoms with Crippen LogP contribution in [0.5, 0.6) is 5.75 Å². The molecule has 7 heteroatoms. The molecule has 32 heavy (non-hydrogen) atoms. The number of amides is 2. The molecule has 0 bridgehead atoms. The number of nitrogens with one attached hydrogen (secondary N) is 3. The first-order chi connectivity index (χ1) is 15.6. The Morgan fingerprint density at radius 2 is 1.94 bits per heavy atom. The van der Waals surface area contributed by atoms with Crippen molar-refractivity contribution < 1.29 is 14.1 Å². The SMILES string of the molecule is COc1cccc2onc(NC(=O)Nc3ccccc3CN[C@@H](C)CC3CCCCC3)c12. The smallest absolute Gasteiger partial charge is 0.324 e. The molecule has 1 atom stereocenters. The maximum atomic E-state index is 12.7. The number of hydrogen-bond donors (Lipinski definition) is 3. The minimum atomic E-state index is -0.381. The Labute approximate surface area is 188 Å². The van der Waals surface area contributed by atoms with Crippen molar-refractivity contribution in [1.29, 1.82) is 0 Å². The van der Waals surface area contributed by atoms with Crippen molar-refractivity contribution in [3.05, 3.63) is 48.0 Å². The molecule has 170 valence electrons. The standard InChI is InChI=1S/C25H32N4O3/c1-17(15-18-9-4-3-5-10-18)26-16-19-11-6-7-12-20(19)27-25(30)28-24-23-21(31-2)13-8-14-22(23)32-29-24/h6-8,11-14,17-18,26H,3-5,9-10,15-16H2,1-2H3,(H2,27,28,29,30)/t17-/m0/s1. The largest absolute Gasteiger partial charge is 0.496 e. The zero-order valence-electron chi connectivity index (χ0n) is 18.8. The van der Waals surface area contributed by atoms with Gasteiger partial charge in [0, 0.05) is 18.3 Å². The van der Waals surface area contributed by atoms with E-state index < -0.39 is 0 Å². The number of urea groups is 1. The fourth-order valence-electron chi connectivity index (χ4n) is 4.56. The van der Waals surface area contributed by atoms with Crippen LogP contribution in [0.4, 0.5) is 16.3 Å². The van der Waals surface area contributed by atoms with Crippen LogP contribution in [0.1, 0.15) is 51.0 Å². The van der Waals surface area contributed by atoms with Gasteiger partial charge in [0.1, 0.15) is 11.1 Å². The van der Waals surface area contributed by atoms with E-state index in [9.17, 15) is 4.79 Å². The highest BCUT2D eigenvalue weighted by atomic mass is 16.5. The molecule has 1 aliphatic rings. The molecule has 0 saturated heterocycles. The van der Waals surface area contributed by atoms with Crippen LogP contribution >= 0.6 is 0 Å². The van der Waals surface area contributed by atoms with E-state index >= 15 is 0 Å². The van der Waals surface area contributed by atoms with E-state index in [1.54, 1.807) is 19.2 Å². The number of carbonyl (C=O) groups is 1. The topological polar surface area (TPSA) is 88.4 Å². The monoisotopic (exact) mass is 436 g/mol. The molecule has 1 aromatic heterocycles. The van der Waals surface area contributed by atoms with Crippen LogP contribution in [0.25, 0.3) is 11.0 Å². The number of ether oxygens (including phenoxy) is 1. The minimum Gasteiger partial charge on any atom is -0.496 e. The van der Waals surface area contributed by atoms with Crippen LogP contribution in [-0.2, 0) is 6.54 Å². The van der Waals surface area contributed by atoms with Gasteiger partial charge in [-0.2, -0.15) is 0 Å². The molecule has 2 amide bonds. The van der Waals surface area contributed by atoms with Crippen molar-refractivity contribution >= 4 is 28.5 Å². The zero-order chi connectivity index (χ0) is 22.3. The fraction of sp³-hybridized carbons (Fsp3) is 0.440. The summed E-state index contributed by atoms with van der Waals surface area (Å²) in [5.41, 5.74) is 2.36. The van der Waals surface area contributed by atoms with Crippen molar-refractivity contribution in [3.63, 3.8) is 0 Å². The Kier molecular flexibility index (Phi) is 7.27. The number of fused-ring (bicyclic) bond motifs is 1. The molecule has 1 aliphatic carbocycles. The first-order valence-corrected chi connectivity index (χ1v) is 11.5. The van der Waals surface area contributed by atoms with Crippen molar-refractivity contribution in [1.82, 2.24) is 10.5 Å². The molecular weight excluding hydrogens is 404 g/mol. The normalized spacial score (nSPS) is 15.4. The first-order valence-electron chi connectivity index (χ1n) is 11.5. The molecule has 0 unspecified atom stereocenters. The molecule has 7 nitrogen and oxygen atoms in total. The van der Waals surface area contributed by atoms with Gasteiger partial charge in [0.05, 0.1) is 7.11 Å². The van der Waals surface area contributed by atoms with E-state index in [0.29, 0.717) is 35.1 Å². The van der Waals surface area contributed by atoms with Gasteiger partial charge in [-0.05, 0) is 43.0 Å². The van der Waals surface area contributed by atoms with Gasteiger partial charge in [0.15, 0.2) is 11.4 Å². The second-order valence-corrected chi connectivity index (χ2v) is 8.62. The molecule has 0 radical (unpaired) electrons. The third-order valence-electron chi connectivity index (χ3n) is 6.23. The number of aromatic nitrogens is 1. The van der Waals surface area contributed by atoms with Gasteiger partial charge in [-0.3, -0.25) is 5.32 Å². The summed E-state index contributed by atoms with van der Waals surface area (Å²) < 4.78 is 10.7. The van der Waals surface area contributed by atoms with E-state index in [2.05, 4.69) is 28.0 Å². The molecule has 1 fully saturated rings. The van der Waals surface area contributed by atoms with E-state index in [4.69, 9.17) is 9.26 Å². The Morgan fingerprint density at radius 1 is 1.12 bits per heavy atom. The van der Waals surface area contributed by atoms with Crippen LogP contribution < -0.4 is 20.7 Å². The van der Waals surface area contributed by atoms with Crippen molar-refractivity contribution in [2.75, 3.05) is 17.7 Å². The lowest BCUT2D eigenvalue weighted by molar-refractivity contribution is 0.262. The molecule has 1 saturated carbocycles. The number of carbonyl (C=O) groups excluding carboxylic acids is 1. The number of hydrogen-bond acceptors (Lipinski definition) is 5. The number of methoxy groups -OCH3 is 1. The van der Waals surface area contributed by atoms with E-state index in [0.717, 1.165) is 17.2 Å². The summed E-state index contributed by atoms with van der Waals surface area (Å²) in [5.74, 6) is 1.75. The van der Waals surface area contributed by atoms with Gasteiger partial charge in [-0.25, -0.2) is 4.79 Å². The molecular formula is C25H32N4O3. The highest BCUT2D eigenvalue weighted by Crippen LogP contribution is 2.32. The van der Waals surface area contributed by atoms with Crippen molar-refractivity contribution in [2.24, 2.45) is 5.92 Å². The third kappa shape index (κ3) is 5.40. The van der Waals surface area contributed by atoms with Crippen LogP contribution in [0.15, 0.2) is 47.0 Å². The third-order valence-corrected chi connectivity index (χ3v) is 6.23. The van der Waals surface area contributed by atoms with Crippen LogP contribution in [0.3, 0.4) is 0 Å². The summed E-state index contributed by atoms with van der Waals surface area (Å²) in [7, 11) is 1.57. The molecule has 3 aromatic rings. The fourth-order valence-corrected chi connectivity index (χ4v) is 4.56. The maximum Gasteiger partial charge on any atom is 0.324 e. The van der Waals surface area contributed by atoms with Gasteiger partial charge in [0.25, 0.3) is 0 Å². The summed E-state index contributed by atoms with van der Waals surface area (Å²) in [4.78, 5) is 12.7. The average Bonchev–Trinajstić information content (AvgIpc) is 3.22.